The van der Waals surface area contributed by atoms with Crippen molar-refractivity contribution in [1.29, 1.82) is 0 Å². The minimum atomic E-state index is -0.661. The van der Waals surface area contributed by atoms with Crippen LogP contribution < -0.4 is 11.5 Å². The van der Waals surface area contributed by atoms with E-state index in [0.29, 0.717) is 0 Å². The molecule has 164 valence electrons. The summed E-state index contributed by atoms with van der Waals surface area (Å²) in [6, 6.07) is 8.24. The summed E-state index contributed by atoms with van der Waals surface area (Å²) in [7, 11) is 0. The highest BCUT2D eigenvalue weighted by atomic mass is 35.5. The number of halogens is 1. The van der Waals surface area contributed by atoms with Crippen molar-refractivity contribution < 1.29 is 9.53 Å². The van der Waals surface area contributed by atoms with Gasteiger partial charge in [0.05, 0.1) is 23.9 Å². The van der Waals surface area contributed by atoms with E-state index in [-0.39, 0.29) is 11.5 Å². The molecule has 0 atom stereocenters. The van der Waals surface area contributed by atoms with Gasteiger partial charge in [-0.05, 0) is 23.9 Å². The second kappa shape index (κ2) is 11.0. The van der Waals surface area contributed by atoms with Crippen LogP contribution in [0, 0.1) is 0 Å². The molecule has 1 fully saturated rings. The van der Waals surface area contributed by atoms with E-state index < -0.39 is 5.91 Å². The molecular weight excluding hydrogens is 416 g/mol. The number of nitrogen functional groups attached to an aromatic ring is 1. The molecule has 1 aliphatic heterocycles. The van der Waals surface area contributed by atoms with Crippen molar-refractivity contribution in [2.75, 3.05) is 38.6 Å². The molecule has 8 nitrogen and oxygen atoms in total. The molecule has 3 aromatic rings. The summed E-state index contributed by atoms with van der Waals surface area (Å²) in [4.78, 5) is 25.0. The Bertz CT molecular complexity index is 1040. The summed E-state index contributed by atoms with van der Waals surface area (Å²) in [6.45, 7) is 6.86. The van der Waals surface area contributed by atoms with Crippen LogP contribution in [0.15, 0.2) is 36.7 Å². The summed E-state index contributed by atoms with van der Waals surface area (Å²) >= 11 is 6.41. The molecule has 9 heteroatoms. The van der Waals surface area contributed by atoms with Crippen LogP contribution in [-0.4, -0.2) is 58.6 Å². The van der Waals surface area contributed by atoms with E-state index in [0.717, 1.165) is 67.5 Å². The molecule has 1 saturated heterocycles. The van der Waals surface area contributed by atoms with Gasteiger partial charge >= 0.3 is 0 Å². The average molecular weight is 443 g/mol. The Morgan fingerprint density at radius 3 is 2.61 bits per heavy atom. The Morgan fingerprint density at radius 1 is 1.23 bits per heavy atom. The van der Waals surface area contributed by atoms with E-state index in [4.69, 9.17) is 32.8 Å². The van der Waals surface area contributed by atoms with Crippen molar-refractivity contribution in [1.82, 2.24) is 19.9 Å². The molecule has 1 aromatic carbocycles. The molecule has 0 bridgehead atoms. The standard InChI is InChI=1S/C17H21ClN2O.C5H6N4O/c1-2-14-12-13-4-3-5-15(18)17(13)16(19-14)6-7-20-8-10-21-11-9-20;6-4-3(5(7)10)8-1-2-9-4/h3-5,12H,2,6-11H2,1H3;1-2H,(H2,6,9)(H2,7,10). The molecule has 0 saturated carbocycles. The molecule has 2 aromatic heterocycles. The number of ether oxygens (including phenoxy) is 1. The zero-order valence-corrected chi connectivity index (χ0v) is 18.3. The van der Waals surface area contributed by atoms with Crippen molar-refractivity contribution in [3.05, 3.63) is 58.8 Å². The number of benzene rings is 1. The molecule has 3 heterocycles. The highest BCUT2D eigenvalue weighted by Crippen LogP contribution is 2.27. The number of anilines is 1. The van der Waals surface area contributed by atoms with E-state index in [1.54, 1.807) is 0 Å². The van der Waals surface area contributed by atoms with Gasteiger partial charge in [0.1, 0.15) is 0 Å². The van der Waals surface area contributed by atoms with Crippen molar-refractivity contribution in [2.45, 2.75) is 19.8 Å². The van der Waals surface area contributed by atoms with Crippen LogP contribution in [0.2, 0.25) is 5.02 Å². The number of fused-ring (bicyclic) bond motifs is 1. The van der Waals surface area contributed by atoms with Crippen LogP contribution in [0.1, 0.15) is 28.8 Å². The van der Waals surface area contributed by atoms with Gasteiger partial charge in [0.15, 0.2) is 11.5 Å². The normalized spacial score (nSPS) is 14.1. The first-order chi connectivity index (χ1) is 15.0. The fraction of sp³-hybridized carbons (Fsp3) is 0.364. The Balaban J connectivity index is 0.000000229. The molecule has 1 aliphatic rings. The third-order valence-electron chi connectivity index (χ3n) is 5.03. The number of hydrogen-bond acceptors (Lipinski definition) is 7. The van der Waals surface area contributed by atoms with E-state index in [1.807, 2.05) is 12.1 Å². The van der Waals surface area contributed by atoms with Gasteiger partial charge in [0.25, 0.3) is 5.91 Å². The smallest absolute Gasteiger partial charge is 0.271 e. The first kappa shape index (κ1) is 22.9. The van der Waals surface area contributed by atoms with Crippen LogP contribution in [0.4, 0.5) is 5.82 Å². The lowest BCUT2D eigenvalue weighted by Crippen LogP contribution is -2.37. The highest BCUT2D eigenvalue weighted by Gasteiger charge is 2.13. The van der Waals surface area contributed by atoms with E-state index in [1.165, 1.54) is 17.8 Å². The molecule has 4 rings (SSSR count). The van der Waals surface area contributed by atoms with Crippen molar-refractivity contribution >= 4 is 34.1 Å². The Hall–Kier alpha value is -2.81. The fourth-order valence-electron chi connectivity index (χ4n) is 3.40. The van der Waals surface area contributed by atoms with Crippen molar-refractivity contribution in [2.24, 2.45) is 5.73 Å². The maximum absolute atomic E-state index is 10.5. The molecule has 0 spiro atoms. The number of aromatic nitrogens is 3. The van der Waals surface area contributed by atoms with Gasteiger partial charge in [-0.2, -0.15) is 0 Å². The summed E-state index contributed by atoms with van der Waals surface area (Å²) in [5, 5.41) is 3.12. The average Bonchev–Trinajstić information content (AvgIpc) is 2.78. The molecule has 0 unspecified atom stereocenters. The van der Waals surface area contributed by atoms with Crippen molar-refractivity contribution in [3.8, 4) is 0 Å². The second-order valence-corrected chi connectivity index (χ2v) is 7.52. The number of pyridine rings is 1. The Kier molecular flexibility index (Phi) is 8.11. The van der Waals surface area contributed by atoms with Crippen LogP contribution in [0.5, 0.6) is 0 Å². The molecule has 31 heavy (non-hydrogen) atoms. The maximum Gasteiger partial charge on any atom is 0.271 e. The van der Waals surface area contributed by atoms with Gasteiger partial charge in [0, 0.05) is 49.5 Å². The maximum atomic E-state index is 10.5. The van der Waals surface area contributed by atoms with Gasteiger partial charge < -0.3 is 16.2 Å². The summed E-state index contributed by atoms with van der Waals surface area (Å²) in [5.41, 5.74) is 12.4. The minimum absolute atomic E-state index is 0.0162. The van der Waals surface area contributed by atoms with Crippen LogP contribution in [-0.2, 0) is 17.6 Å². The third-order valence-corrected chi connectivity index (χ3v) is 5.34. The van der Waals surface area contributed by atoms with Crippen LogP contribution in [0.3, 0.4) is 0 Å². The van der Waals surface area contributed by atoms with Gasteiger partial charge in [-0.25, -0.2) is 9.97 Å². The zero-order chi connectivity index (χ0) is 22.2. The number of primary amides is 1. The number of morpholine rings is 1. The van der Waals surface area contributed by atoms with E-state index in [9.17, 15) is 4.79 Å². The van der Waals surface area contributed by atoms with Crippen LogP contribution in [0.25, 0.3) is 10.8 Å². The number of nitrogens with zero attached hydrogens (tertiary/aromatic N) is 4. The van der Waals surface area contributed by atoms with E-state index in [2.05, 4.69) is 33.9 Å². The number of hydrogen-bond donors (Lipinski definition) is 2. The molecule has 4 N–H and O–H groups in total. The second-order valence-electron chi connectivity index (χ2n) is 7.11. The van der Waals surface area contributed by atoms with Crippen LogP contribution >= 0.6 is 11.6 Å². The molecular formula is C22H27ClN6O2. The largest absolute Gasteiger partial charge is 0.382 e. The van der Waals surface area contributed by atoms with Gasteiger partial charge in [0.2, 0.25) is 0 Å². The Labute approximate surface area is 186 Å². The van der Waals surface area contributed by atoms with E-state index >= 15 is 0 Å². The minimum Gasteiger partial charge on any atom is -0.382 e. The number of carbonyl (C=O) groups is 1. The number of nitrogens with two attached hydrogens (primary N) is 2. The van der Waals surface area contributed by atoms with Crippen molar-refractivity contribution in [3.63, 3.8) is 0 Å². The number of carbonyl (C=O) groups excluding carboxylic acids is 1. The topological polar surface area (TPSA) is 120 Å². The van der Waals surface area contributed by atoms with Gasteiger partial charge in [-0.15, -0.1) is 0 Å². The number of aryl methyl sites for hydroxylation is 1. The lowest BCUT2D eigenvalue weighted by atomic mass is 10.1. The Morgan fingerprint density at radius 2 is 1.97 bits per heavy atom. The lowest BCUT2D eigenvalue weighted by molar-refractivity contribution is 0.0384. The SMILES string of the molecule is CCc1cc2cccc(Cl)c2c(CCN2CCOCC2)n1.NC(=O)c1nccnc1N. The number of rotatable bonds is 5. The first-order valence-corrected chi connectivity index (χ1v) is 10.6. The lowest BCUT2D eigenvalue weighted by Gasteiger charge is -2.26. The van der Waals surface area contributed by atoms with Gasteiger partial charge in [-0.3, -0.25) is 14.7 Å². The highest BCUT2D eigenvalue weighted by molar-refractivity contribution is 6.35. The summed E-state index contributed by atoms with van der Waals surface area (Å²) in [5.74, 6) is -0.597. The third kappa shape index (κ3) is 6.10. The first-order valence-electron chi connectivity index (χ1n) is 10.2. The number of amides is 1. The summed E-state index contributed by atoms with van der Waals surface area (Å²) in [6.07, 6.45) is 4.64. The quantitative estimate of drug-likeness (QED) is 0.622. The zero-order valence-electron chi connectivity index (χ0n) is 17.6. The summed E-state index contributed by atoms with van der Waals surface area (Å²) < 4.78 is 5.40. The molecule has 1 amide bonds. The predicted molar refractivity (Wildman–Crippen MR) is 122 cm³/mol. The predicted octanol–water partition coefficient (Wildman–Crippen LogP) is 2.48. The molecule has 0 aliphatic carbocycles. The van der Waals surface area contributed by atoms with Gasteiger partial charge in [-0.1, -0.05) is 30.7 Å². The monoisotopic (exact) mass is 442 g/mol. The fourth-order valence-corrected chi connectivity index (χ4v) is 3.69. The molecule has 0 radical (unpaired) electrons.